The molecule has 0 spiro atoms. The molecule has 3 rings (SSSR count). The average Bonchev–Trinajstić information content (AvgIpc) is 2.76. The SMILES string of the molecule is COCCOC1CCC(C(=O)O)(S(=O)(=O)c2ccc(Oc3ccc(Cl)cc3)cc2)CO1. The highest BCUT2D eigenvalue weighted by Crippen LogP contribution is 2.36. The number of methoxy groups -OCH3 is 1. The van der Waals surface area contributed by atoms with Gasteiger partial charge in [0.25, 0.3) is 0 Å². The van der Waals surface area contributed by atoms with Crippen LogP contribution < -0.4 is 4.74 Å². The third-order valence-corrected chi connectivity index (χ3v) is 7.64. The van der Waals surface area contributed by atoms with Crippen LogP contribution in [-0.2, 0) is 28.8 Å². The van der Waals surface area contributed by atoms with Gasteiger partial charge in [-0.25, -0.2) is 8.42 Å². The summed E-state index contributed by atoms with van der Waals surface area (Å²) in [5, 5.41) is 10.4. The van der Waals surface area contributed by atoms with Crippen LogP contribution in [0, 0.1) is 0 Å². The summed E-state index contributed by atoms with van der Waals surface area (Å²) in [6, 6.07) is 12.3. The minimum atomic E-state index is -4.24. The first-order chi connectivity index (χ1) is 14.8. The smallest absolute Gasteiger partial charge is 0.327 e. The number of aliphatic carboxylic acids is 1. The molecule has 10 heteroatoms. The highest BCUT2D eigenvalue weighted by molar-refractivity contribution is 7.93. The van der Waals surface area contributed by atoms with Crippen molar-refractivity contribution in [1.82, 2.24) is 0 Å². The zero-order valence-electron chi connectivity index (χ0n) is 16.8. The Kier molecular flexibility index (Phi) is 7.55. The lowest BCUT2D eigenvalue weighted by Crippen LogP contribution is -2.54. The molecule has 1 fully saturated rings. The first-order valence-corrected chi connectivity index (χ1v) is 11.4. The molecule has 2 aromatic rings. The number of sulfone groups is 1. The van der Waals surface area contributed by atoms with Crippen LogP contribution in [0.25, 0.3) is 0 Å². The Hall–Kier alpha value is -2.17. The Bertz CT molecular complexity index is 981. The van der Waals surface area contributed by atoms with E-state index < -0.39 is 33.5 Å². The molecule has 2 atom stereocenters. The number of carboxylic acid groups (broad SMARTS) is 1. The van der Waals surface area contributed by atoms with Crippen molar-refractivity contribution in [2.24, 2.45) is 0 Å². The molecule has 0 radical (unpaired) electrons. The zero-order valence-corrected chi connectivity index (χ0v) is 18.4. The van der Waals surface area contributed by atoms with E-state index in [9.17, 15) is 18.3 Å². The Balaban J connectivity index is 1.75. The first kappa shape index (κ1) is 23.5. The maximum Gasteiger partial charge on any atom is 0.327 e. The van der Waals surface area contributed by atoms with E-state index in [0.717, 1.165) is 0 Å². The molecule has 1 aliphatic rings. The summed E-state index contributed by atoms with van der Waals surface area (Å²) >= 11 is 5.84. The molecule has 1 aliphatic heterocycles. The predicted octanol–water partition coefficient (Wildman–Crippen LogP) is 3.53. The van der Waals surface area contributed by atoms with Crippen molar-refractivity contribution in [3.05, 3.63) is 53.6 Å². The summed E-state index contributed by atoms with van der Waals surface area (Å²) in [4.78, 5) is 11.9. The molecule has 1 saturated heterocycles. The van der Waals surface area contributed by atoms with Crippen molar-refractivity contribution in [3.8, 4) is 11.5 Å². The van der Waals surface area contributed by atoms with E-state index in [1.165, 1.54) is 31.4 Å². The van der Waals surface area contributed by atoms with Gasteiger partial charge in [-0.15, -0.1) is 0 Å². The summed E-state index contributed by atoms with van der Waals surface area (Å²) in [6.45, 7) is 0.112. The van der Waals surface area contributed by atoms with Gasteiger partial charge in [0.2, 0.25) is 0 Å². The molecule has 8 nitrogen and oxygen atoms in total. The van der Waals surface area contributed by atoms with E-state index in [1.54, 1.807) is 24.3 Å². The molecule has 0 bridgehead atoms. The number of benzene rings is 2. The molecule has 1 N–H and O–H groups in total. The lowest BCUT2D eigenvalue weighted by atomic mass is 10.0. The number of ether oxygens (including phenoxy) is 4. The minimum absolute atomic E-state index is 0.124. The number of carbonyl (C=O) groups is 1. The van der Waals surface area contributed by atoms with E-state index in [1.807, 2.05) is 0 Å². The second-order valence-electron chi connectivity index (χ2n) is 6.97. The van der Waals surface area contributed by atoms with Gasteiger partial charge < -0.3 is 24.1 Å². The molecular weight excluding hydrogens is 448 g/mol. The van der Waals surface area contributed by atoms with Crippen LogP contribution >= 0.6 is 11.6 Å². The highest BCUT2D eigenvalue weighted by Gasteiger charge is 2.54. The highest BCUT2D eigenvalue weighted by atomic mass is 35.5. The average molecular weight is 471 g/mol. The van der Waals surface area contributed by atoms with Crippen molar-refractivity contribution >= 4 is 27.4 Å². The molecular formula is C21H23ClO8S. The van der Waals surface area contributed by atoms with Gasteiger partial charge in [-0.05, 0) is 55.0 Å². The molecule has 0 aromatic heterocycles. The van der Waals surface area contributed by atoms with Crippen molar-refractivity contribution in [1.29, 1.82) is 0 Å². The van der Waals surface area contributed by atoms with Gasteiger partial charge in [-0.2, -0.15) is 0 Å². The van der Waals surface area contributed by atoms with E-state index in [2.05, 4.69) is 0 Å². The maximum atomic E-state index is 13.2. The van der Waals surface area contributed by atoms with Crippen molar-refractivity contribution < 1.29 is 37.3 Å². The fraction of sp³-hybridized carbons (Fsp3) is 0.381. The summed E-state index contributed by atoms with van der Waals surface area (Å²) in [6.07, 6.45) is -0.675. The van der Waals surface area contributed by atoms with Gasteiger partial charge in [0.15, 0.2) is 20.9 Å². The molecule has 0 aliphatic carbocycles. The van der Waals surface area contributed by atoms with Gasteiger partial charge in [0.1, 0.15) is 11.5 Å². The molecule has 31 heavy (non-hydrogen) atoms. The van der Waals surface area contributed by atoms with Crippen LogP contribution in [0.2, 0.25) is 5.02 Å². The normalized spacial score (nSPS) is 21.5. The van der Waals surface area contributed by atoms with Gasteiger partial charge in [0, 0.05) is 18.6 Å². The summed E-state index contributed by atoms with van der Waals surface area (Å²) < 4.78 is 45.8. The Morgan fingerprint density at radius 2 is 1.74 bits per heavy atom. The monoisotopic (exact) mass is 470 g/mol. The lowest BCUT2D eigenvalue weighted by molar-refractivity contribution is -0.183. The molecule has 2 aromatic carbocycles. The van der Waals surface area contributed by atoms with E-state index in [4.69, 9.17) is 30.5 Å². The number of halogens is 1. The minimum Gasteiger partial charge on any atom is -0.480 e. The third kappa shape index (κ3) is 5.19. The van der Waals surface area contributed by atoms with E-state index in [-0.39, 0.29) is 24.3 Å². The van der Waals surface area contributed by atoms with Crippen LogP contribution in [0.4, 0.5) is 0 Å². The summed E-state index contributed by atoms with van der Waals surface area (Å²) in [5.74, 6) is -0.524. The van der Waals surface area contributed by atoms with Crippen LogP contribution in [-0.4, -0.2) is 57.5 Å². The van der Waals surface area contributed by atoms with Crippen LogP contribution in [0.3, 0.4) is 0 Å². The van der Waals surface area contributed by atoms with Crippen LogP contribution in [0.15, 0.2) is 53.4 Å². The largest absolute Gasteiger partial charge is 0.480 e. The second-order valence-corrected chi connectivity index (χ2v) is 9.67. The standard InChI is InChI=1S/C21H23ClO8S/c1-27-12-13-28-19-10-11-21(14-29-19,20(23)24)31(25,26)18-8-6-17(7-9-18)30-16-4-2-15(22)3-5-16/h2-9,19H,10-14H2,1H3,(H,23,24). The fourth-order valence-electron chi connectivity index (χ4n) is 3.18. The fourth-order valence-corrected chi connectivity index (χ4v) is 5.09. The van der Waals surface area contributed by atoms with Gasteiger partial charge >= 0.3 is 5.97 Å². The van der Waals surface area contributed by atoms with E-state index in [0.29, 0.717) is 23.1 Å². The summed E-state index contributed by atoms with van der Waals surface area (Å²) in [5.41, 5.74) is 0. The third-order valence-electron chi connectivity index (χ3n) is 4.97. The van der Waals surface area contributed by atoms with Crippen LogP contribution in [0.5, 0.6) is 11.5 Å². The van der Waals surface area contributed by atoms with Crippen molar-refractivity contribution in [2.45, 2.75) is 28.8 Å². The van der Waals surface area contributed by atoms with Gasteiger partial charge in [-0.1, -0.05) is 11.6 Å². The molecule has 2 unspecified atom stereocenters. The number of hydrogen-bond acceptors (Lipinski definition) is 7. The molecule has 168 valence electrons. The lowest BCUT2D eigenvalue weighted by Gasteiger charge is -2.36. The predicted molar refractivity (Wildman–Crippen MR) is 112 cm³/mol. The molecule has 0 saturated carbocycles. The topological polar surface area (TPSA) is 108 Å². The Labute approximate surface area is 185 Å². The Morgan fingerprint density at radius 3 is 2.26 bits per heavy atom. The van der Waals surface area contributed by atoms with Crippen LogP contribution in [0.1, 0.15) is 12.8 Å². The maximum absolute atomic E-state index is 13.2. The number of rotatable bonds is 9. The second kappa shape index (κ2) is 9.97. The molecule has 1 heterocycles. The van der Waals surface area contributed by atoms with Gasteiger partial charge in [-0.3, -0.25) is 4.79 Å². The quantitative estimate of drug-likeness (QED) is 0.554. The number of carboxylic acids is 1. The summed E-state index contributed by atoms with van der Waals surface area (Å²) in [7, 11) is -2.72. The molecule has 0 amide bonds. The first-order valence-electron chi connectivity index (χ1n) is 9.52. The van der Waals surface area contributed by atoms with Crippen molar-refractivity contribution in [3.63, 3.8) is 0 Å². The Morgan fingerprint density at radius 1 is 1.13 bits per heavy atom. The van der Waals surface area contributed by atoms with E-state index >= 15 is 0 Å². The zero-order chi connectivity index (χ0) is 22.5. The number of hydrogen-bond donors (Lipinski definition) is 1. The van der Waals surface area contributed by atoms with Gasteiger partial charge in [0.05, 0.1) is 24.7 Å². The van der Waals surface area contributed by atoms with Crippen molar-refractivity contribution in [2.75, 3.05) is 26.9 Å².